The van der Waals surface area contributed by atoms with E-state index in [1.165, 1.54) is 0 Å². The molecule has 0 atom stereocenters. The molecule has 0 aromatic carbocycles. The Hall–Kier alpha value is -0.240. The van der Waals surface area contributed by atoms with E-state index >= 15 is 0 Å². The molecular weight excluding hydrogens is 228 g/mol. The average molecular weight is 254 g/mol. The van der Waals surface area contributed by atoms with Crippen LogP contribution in [0.15, 0.2) is 0 Å². The Bertz CT molecular complexity index is 100. The van der Waals surface area contributed by atoms with E-state index in [0.717, 1.165) is 0 Å². The summed E-state index contributed by atoms with van der Waals surface area (Å²) in [6.07, 6.45) is 0. The van der Waals surface area contributed by atoms with Gasteiger partial charge in [-0.15, -0.1) is 0 Å². The topological polar surface area (TPSA) is 55.4 Å². The fourth-order valence-electron chi connectivity index (χ4n) is 0.724. The highest BCUT2D eigenvalue weighted by Gasteiger charge is 1.88. The first-order valence-electron chi connectivity index (χ1n) is 5.44. The van der Waals surface area contributed by atoms with Gasteiger partial charge in [-0.05, 0) is 0 Å². The van der Waals surface area contributed by atoms with Crippen molar-refractivity contribution < 1.29 is 28.4 Å². The molecule has 0 saturated carbocycles. The summed E-state index contributed by atoms with van der Waals surface area (Å²) in [7, 11) is 6.48. The molecule has 0 aromatic rings. The van der Waals surface area contributed by atoms with Crippen LogP contribution in [0.4, 0.5) is 0 Å². The fourth-order valence-corrected chi connectivity index (χ4v) is 0.724. The van der Waals surface area contributed by atoms with Gasteiger partial charge in [0.05, 0.1) is 39.6 Å². The van der Waals surface area contributed by atoms with Gasteiger partial charge in [0.2, 0.25) is 0 Å². The summed E-state index contributed by atoms with van der Waals surface area (Å²) < 4.78 is 28.9. The molecule has 0 heterocycles. The Labute approximate surface area is 104 Å². The van der Waals surface area contributed by atoms with E-state index in [0.29, 0.717) is 46.4 Å². The number of rotatable bonds is 11. The fraction of sp³-hybridized carbons (Fsp3) is 1.00. The second-order valence-electron chi connectivity index (χ2n) is 2.91. The van der Waals surface area contributed by atoms with Gasteiger partial charge < -0.3 is 28.4 Å². The van der Waals surface area contributed by atoms with Crippen molar-refractivity contribution in [1.29, 1.82) is 0 Å². The Morgan fingerprint density at radius 1 is 0.471 bits per heavy atom. The van der Waals surface area contributed by atoms with E-state index in [-0.39, 0.29) is 0 Å². The van der Waals surface area contributed by atoms with Crippen LogP contribution in [0.2, 0.25) is 0 Å². The van der Waals surface area contributed by atoms with Crippen molar-refractivity contribution >= 4 is 0 Å². The van der Waals surface area contributed by atoms with Crippen LogP contribution in [0.25, 0.3) is 0 Å². The summed E-state index contributed by atoms with van der Waals surface area (Å²) in [5.74, 6) is 0. The van der Waals surface area contributed by atoms with Crippen molar-refractivity contribution in [3.8, 4) is 0 Å². The van der Waals surface area contributed by atoms with Gasteiger partial charge in [-0.3, -0.25) is 0 Å². The third-order valence-corrected chi connectivity index (χ3v) is 1.47. The maximum atomic E-state index is 5.16. The van der Waals surface area contributed by atoms with Crippen LogP contribution >= 0.6 is 0 Å². The van der Waals surface area contributed by atoms with Gasteiger partial charge in [-0.25, -0.2) is 0 Å². The first-order valence-corrected chi connectivity index (χ1v) is 5.44. The lowest BCUT2D eigenvalue weighted by Gasteiger charge is -2.04. The minimum Gasteiger partial charge on any atom is -0.382 e. The molecule has 0 saturated heterocycles. The number of methoxy groups -OCH3 is 4. The summed E-state index contributed by atoms with van der Waals surface area (Å²) >= 11 is 0. The Balaban J connectivity index is 0. The van der Waals surface area contributed by atoms with Crippen LogP contribution in [0.3, 0.4) is 0 Å². The molecule has 6 heteroatoms. The van der Waals surface area contributed by atoms with E-state index in [9.17, 15) is 0 Å². The van der Waals surface area contributed by atoms with E-state index < -0.39 is 0 Å². The van der Waals surface area contributed by atoms with Crippen molar-refractivity contribution in [2.75, 3.05) is 74.9 Å². The summed E-state index contributed by atoms with van der Waals surface area (Å²) in [5, 5.41) is 0. The zero-order chi connectivity index (χ0) is 13.2. The van der Waals surface area contributed by atoms with Gasteiger partial charge in [0.1, 0.15) is 6.79 Å². The predicted octanol–water partition coefficient (Wildman–Crippen LogP) is 0.549. The summed E-state index contributed by atoms with van der Waals surface area (Å²) in [4.78, 5) is 0. The molecule has 0 aliphatic rings. The quantitative estimate of drug-likeness (QED) is 0.396. The maximum Gasteiger partial charge on any atom is 0.145 e. The standard InChI is InChI=1S/C8H18O4.C3H8O2/c1-9-3-5-11-7-8-12-6-4-10-2;1-4-3-5-2/h3-8H2,1-2H3;3H2,1-2H3. The second-order valence-corrected chi connectivity index (χ2v) is 2.91. The average Bonchev–Trinajstić information content (AvgIpc) is 2.34. The van der Waals surface area contributed by atoms with Crippen LogP contribution in [0.5, 0.6) is 0 Å². The van der Waals surface area contributed by atoms with Crippen LogP contribution in [-0.4, -0.2) is 74.9 Å². The molecule has 0 N–H and O–H groups in total. The summed E-state index contributed by atoms with van der Waals surface area (Å²) in [6, 6.07) is 0. The van der Waals surface area contributed by atoms with Crippen molar-refractivity contribution in [2.45, 2.75) is 0 Å². The maximum absolute atomic E-state index is 5.16. The van der Waals surface area contributed by atoms with Crippen molar-refractivity contribution in [2.24, 2.45) is 0 Å². The highest BCUT2D eigenvalue weighted by atomic mass is 16.6. The van der Waals surface area contributed by atoms with Crippen LogP contribution < -0.4 is 0 Å². The molecule has 0 spiro atoms. The first kappa shape index (κ1) is 19.1. The van der Waals surface area contributed by atoms with Gasteiger partial charge in [0, 0.05) is 28.4 Å². The molecule has 0 rings (SSSR count). The van der Waals surface area contributed by atoms with E-state index in [2.05, 4.69) is 9.47 Å². The predicted molar refractivity (Wildman–Crippen MR) is 64.3 cm³/mol. The Morgan fingerprint density at radius 3 is 1.06 bits per heavy atom. The largest absolute Gasteiger partial charge is 0.382 e. The van der Waals surface area contributed by atoms with E-state index in [1.807, 2.05) is 0 Å². The lowest BCUT2D eigenvalue weighted by Crippen LogP contribution is -2.10. The van der Waals surface area contributed by atoms with Crippen LogP contribution in [0.1, 0.15) is 0 Å². The molecule has 0 bridgehead atoms. The molecule has 17 heavy (non-hydrogen) atoms. The molecule has 0 fully saturated rings. The Kier molecular flexibility index (Phi) is 23.7. The number of hydrogen-bond donors (Lipinski definition) is 0. The minimum absolute atomic E-state index is 0.389. The SMILES string of the molecule is COCCOCCOCCOC.COCOC. The van der Waals surface area contributed by atoms with E-state index in [4.69, 9.17) is 18.9 Å². The monoisotopic (exact) mass is 254 g/mol. The molecule has 106 valence electrons. The zero-order valence-corrected chi connectivity index (χ0v) is 11.4. The smallest absolute Gasteiger partial charge is 0.145 e. The molecule has 0 radical (unpaired) electrons. The molecule has 6 nitrogen and oxygen atoms in total. The normalized spacial score (nSPS) is 9.88. The lowest BCUT2D eigenvalue weighted by molar-refractivity contribution is -0.00271. The highest BCUT2D eigenvalue weighted by molar-refractivity contribution is 4.32. The van der Waals surface area contributed by atoms with E-state index in [1.54, 1.807) is 28.4 Å². The van der Waals surface area contributed by atoms with Gasteiger partial charge in [-0.2, -0.15) is 0 Å². The van der Waals surface area contributed by atoms with Gasteiger partial charge in [0.15, 0.2) is 0 Å². The van der Waals surface area contributed by atoms with Crippen molar-refractivity contribution in [3.05, 3.63) is 0 Å². The van der Waals surface area contributed by atoms with Crippen LogP contribution in [-0.2, 0) is 28.4 Å². The molecule has 0 amide bonds. The Morgan fingerprint density at radius 2 is 0.824 bits per heavy atom. The third kappa shape index (κ3) is 25.8. The van der Waals surface area contributed by atoms with Crippen molar-refractivity contribution in [1.82, 2.24) is 0 Å². The second kappa shape index (κ2) is 21.1. The minimum atomic E-state index is 0.389. The number of ether oxygens (including phenoxy) is 6. The zero-order valence-electron chi connectivity index (χ0n) is 11.4. The van der Waals surface area contributed by atoms with Gasteiger partial charge >= 0.3 is 0 Å². The van der Waals surface area contributed by atoms with Gasteiger partial charge in [0.25, 0.3) is 0 Å². The van der Waals surface area contributed by atoms with Crippen molar-refractivity contribution in [3.63, 3.8) is 0 Å². The summed E-state index contributed by atoms with van der Waals surface area (Å²) in [5.41, 5.74) is 0. The third-order valence-electron chi connectivity index (χ3n) is 1.47. The lowest BCUT2D eigenvalue weighted by atomic mass is 10.7. The highest BCUT2D eigenvalue weighted by Crippen LogP contribution is 1.79. The molecule has 0 aliphatic heterocycles. The molecule has 0 aliphatic carbocycles. The molecule has 0 aromatic heterocycles. The number of hydrogen-bond acceptors (Lipinski definition) is 6. The van der Waals surface area contributed by atoms with Crippen LogP contribution in [0, 0.1) is 0 Å². The molecular formula is C11H26O6. The molecule has 0 unspecified atom stereocenters. The summed E-state index contributed by atoms with van der Waals surface area (Å²) in [6.45, 7) is 4.16. The van der Waals surface area contributed by atoms with Gasteiger partial charge in [-0.1, -0.05) is 0 Å². The first-order chi connectivity index (χ1) is 8.33.